The second-order valence-electron chi connectivity index (χ2n) is 4.33. The zero-order valence-corrected chi connectivity index (χ0v) is 10.9. The van der Waals surface area contributed by atoms with Gasteiger partial charge in [0.15, 0.2) is 0 Å². The van der Waals surface area contributed by atoms with Crippen LogP contribution in [0.2, 0.25) is 0 Å². The van der Waals surface area contributed by atoms with Gasteiger partial charge in [-0.25, -0.2) is 17.7 Å². The normalized spacial score (nSPS) is 16.8. The zero-order chi connectivity index (χ0) is 12.5. The molecule has 0 spiro atoms. The summed E-state index contributed by atoms with van der Waals surface area (Å²) in [7, 11) is -0.330. The minimum Gasteiger partial charge on any atom is -0.357 e. The Hall–Kier alpha value is -1.14. The van der Waals surface area contributed by atoms with Gasteiger partial charge in [-0.3, -0.25) is 0 Å². The number of nitrogens with zero attached hydrogens (tertiary/aromatic N) is 3. The second-order valence-corrected chi connectivity index (χ2v) is 6.49. The summed E-state index contributed by atoms with van der Waals surface area (Å²) in [4.78, 5) is 6.64. The Morgan fingerprint density at radius 1 is 1.24 bits per heavy atom. The minimum atomic E-state index is -3.36. The van der Waals surface area contributed by atoms with E-state index in [4.69, 9.17) is 0 Å². The molecule has 1 aromatic heterocycles. The van der Waals surface area contributed by atoms with Gasteiger partial charge in [-0.1, -0.05) is 0 Å². The summed E-state index contributed by atoms with van der Waals surface area (Å²) in [6.07, 6.45) is 3.79. The molecule has 0 N–H and O–H groups in total. The summed E-state index contributed by atoms with van der Waals surface area (Å²) >= 11 is 0. The largest absolute Gasteiger partial charge is 0.357 e. The van der Waals surface area contributed by atoms with Gasteiger partial charge in [0.1, 0.15) is 10.7 Å². The van der Waals surface area contributed by atoms with Gasteiger partial charge >= 0.3 is 0 Å². The highest BCUT2D eigenvalue weighted by atomic mass is 32.2. The van der Waals surface area contributed by atoms with Crippen LogP contribution in [-0.4, -0.2) is 44.9 Å². The first-order valence-electron chi connectivity index (χ1n) is 5.65. The van der Waals surface area contributed by atoms with Gasteiger partial charge in [0, 0.05) is 33.4 Å². The Bertz CT molecular complexity index is 476. The van der Waals surface area contributed by atoms with Crippen molar-refractivity contribution in [3.63, 3.8) is 0 Å². The van der Waals surface area contributed by atoms with Crippen LogP contribution in [0.25, 0.3) is 0 Å². The number of hydrogen-bond acceptors (Lipinski definition) is 4. The molecule has 5 nitrogen and oxygen atoms in total. The quantitative estimate of drug-likeness (QED) is 0.806. The first-order chi connectivity index (χ1) is 8.01. The summed E-state index contributed by atoms with van der Waals surface area (Å²) in [6, 6.07) is 3.40. The smallest absolute Gasteiger partial charge is 0.244 e. The molecule has 17 heavy (non-hydrogen) atoms. The third-order valence-electron chi connectivity index (χ3n) is 2.93. The standard InChI is InChI=1S/C11H17N3O2S/c1-13(2)17(15,16)10-5-6-11(12-9-10)14-7-3-4-8-14/h5-6,9H,3-4,7-8H2,1-2H3. The Balaban J connectivity index is 2.24. The van der Waals surface area contributed by atoms with E-state index in [9.17, 15) is 8.42 Å². The average Bonchev–Trinajstić information content (AvgIpc) is 2.82. The van der Waals surface area contributed by atoms with Crippen LogP contribution < -0.4 is 4.90 Å². The van der Waals surface area contributed by atoms with Crippen molar-refractivity contribution in [1.29, 1.82) is 0 Å². The van der Waals surface area contributed by atoms with E-state index in [-0.39, 0.29) is 4.90 Å². The summed E-state index contributed by atoms with van der Waals surface area (Å²) in [6.45, 7) is 2.01. The van der Waals surface area contributed by atoms with E-state index in [0.717, 1.165) is 18.9 Å². The number of anilines is 1. The second kappa shape index (κ2) is 4.62. The summed E-state index contributed by atoms with van der Waals surface area (Å²) in [5, 5.41) is 0. The van der Waals surface area contributed by atoms with Gasteiger partial charge < -0.3 is 4.90 Å². The summed E-state index contributed by atoms with van der Waals surface area (Å²) in [5.74, 6) is 0.861. The van der Waals surface area contributed by atoms with E-state index in [1.165, 1.54) is 37.4 Å². The molecular formula is C11H17N3O2S. The molecule has 0 radical (unpaired) electrons. The van der Waals surface area contributed by atoms with Crippen LogP contribution in [-0.2, 0) is 10.0 Å². The van der Waals surface area contributed by atoms with Crippen LogP contribution >= 0.6 is 0 Å². The third-order valence-corrected chi connectivity index (χ3v) is 4.73. The first-order valence-corrected chi connectivity index (χ1v) is 7.09. The maximum Gasteiger partial charge on any atom is 0.244 e. The van der Waals surface area contributed by atoms with Crippen molar-refractivity contribution in [2.45, 2.75) is 17.7 Å². The monoisotopic (exact) mass is 255 g/mol. The van der Waals surface area contributed by atoms with Crippen LogP contribution in [0.3, 0.4) is 0 Å². The molecule has 1 aliphatic rings. The average molecular weight is 255 g/mol. The predicted molar refractivity (Wildman–Crippen MR) is 66.6 cm³/mol. The van der Waals surface area contributed by atoms with Crippen molar-refractivity contribution < 1.29 is 8.42 Å². The van der Waals surface area contributed by atoms with Crippen molar-refractivity contribution in [1.82, 2.24) is 9.29 Å². The van der Waals surface area contributed by atoms with Crippen molar-refractivity contribution in [3.05, 3.63) is 18.3 Å². The fraction of sp³-hybridized carbons (Fsp3) is 0.545. The maximum atomic E-state index is 11.8. The molecule has 0 atom stereocenters. The van der Waals surface area contributed by atoms with Crippen LogP contribution in [0.5, 0.6) is 0 Å². The molecule has 1 fully saturated rings. The Labute approximate surface area is 102 Å². The van der Waals surface area contributed by atoms with Crippen molar-refractivity contribution in [2.24, 2.45) is 0 Å². The highest BCUT2D eigenvalue weighted by Gasteiger charge is 2.19. The highest BCUT2D eigenvalue weighted by Crippen LogP contribution is 2.19. The predicted octanol–water partition coefficient (Wildman–Crippen LogP) is 0.932. The summed E-state index contributed by atoms with van der Waals surface area (Å²) < 4.78 is 24.9. The van der Waals surface area contributed by atoms with Gasteiger partial charge in [0.2, 0.25) is 10.0 Å². The fourth-order valence-electron chi connectivity index (χ4n) is 1.87. The fourth-order valence-corrected chi connectivity index (χ4v) is 2.72. The number of aromatic nitrogens is 1. The lowest BCUT2D eigenvalue weighted by Crippen LogP contribution is -2.23. The number of rotatable bonds is 3. The van der Waals surface area contributed by atoms with E-state index >= 15 is 0 Å². The van der Waals surface area contributed by atoms with Crippen LogP contribution in [0.1, 0.15) is 12.8 Å². The molecule has 1 aromatic rings. The van der Waals surface area contributed by atoms with Crippen molar-refractivity contribution in [3.8, 4) is 0 Å². The van der Waals surface area contributed by atoms with Gasteiger partial charge in [0.05, 0.1) is 0 Å². The highest BCUT2D eigenvalue weighted by molar-refractivity contribution is 7.89. The molecule has 2 rings (SSSR count). The van der Waals surface area contributed by atoms with Crippen LogP contribution in [0, 0.1) is 0 Å². The SMILES string of the molecule is CN(C)S(=O)(=O)c1ccc(N2CCCC2)nc1. The lowest BCUT2D eigenvalue weighted by molar-refractivity contribution is 0.520. The minimum absolute atomic E-state index is 0.241. The number of hydrogen-bond donors (Lipinski definition) is 0. The van der Waals surface area contributed by atoms with E-state index in [0.29, 0.717) is 0 Å². The van der Waals surface area contributed by atoms with E-state index < -0.39 is 10.0 Å². The van der Waals surface area contributed by atoms with Crippen molar-refractivity contribution >= 4 is 15.8 Å². The van der Waals surface area contributed by atoms with E-state index in [1.54, 1.807) is 12.1 Å². The molecule has 0 amide bonds. The molecule has 1 saturated heterocycles. The molecule has 0 saturated carbocycles. The third kappa shape index (κ3) is 2.42. The molecule has 0 bridgehead atoms. The van der Waals surface area contributed by atoms with Crippen molar-refractivity contribution in [2.75, 3.05) is 32.1 Å². The molecule has 0 aliphatic carbocycles. The van der Waals surface area contributed by atoms with E-state index in [2.05, 4.69) is 9.88 Å². The van der Waals surface area contributed by atoms with Crippen LogP contribution in [0.15, 0.2) is 23.2 Å². The van der Waals surface area contributed by atoms with Crippen LogP contribution in [0.4, 0.5) is 5.82 Å². The number of sulfonamides is 1. The Morgan fingerprint density at radius 3 is 2.35 bits per heavy atom. The molecule has 1 aliphatic heterocycles. The van der Waals surface area contributed by atoms with Gasteiger partial charge in [-0.05, 0) is 25.0 Å². The maximum absolute atomic E-state index is 11.8. The molecular weight excluding hydrogens is 238 g/mol. The topological polar surface area (TPSA) is 53.5 Å². The first kappa shape index (κ1) is 12.3. The van der Waals surface area contributed by atoms with E-state index in [1.807, 2.05) is 0 Å². The molecule has 94 valence electrons. The lowest BCUT2D eigenvalue weighted by atomic mass is 10.4. The lowest BCUT2D eigenvalue weighted by Gasteiger charge is -2.17. The zero-order valence-electron chi connectivity index (χ0n) is 10.1. The molecule has 0 unspecified atom stereocenters. The molecule has 2 heterocycles. The molecule has 0 aromatic carbocycles. The number of pyridine rings is 1. The summed E-state index contributed by atoms with van der Waals surface area (Å²) in [5.41, 5.74) is 0. The van der Waals surface area contributed by atoms with Gasteiger partial charge in [-0.2, -0.15) is 0 Å². The Kier molecular flexibility index (Phi) is 3.35. The Morgan fingerprint density at radius 2 is 1.88 bits per heavy atom. The van der Waals surface area contributed by atoms with Gasteiger partial charge in [0.25, 0.3) is 0 Å². The van der Waals surface area contributed by atoms with Gasteiger partial charge in [-0.15, -0.1) is 0 Å². The molecule has 6 heteroatoms.